The third-order valence-electron chi connectivity index (χ3n) is 3.74. The van der Waals surface area contributed by atoms with Crippen molar-refractivity contribution in [2.75, 3.05) is 0 Å². The first-order valence-electron chi connectivity index (χ1n) is 6.92. The van der Waals surface area contributed by atoms with Gasteiger partial charge in [-0.1, -0.05) is 37.1 Å². The molecule has 1 aliphatic rings. The van der Waals surface area contributed by atoms with Gasteiger partial charge in [0.15, 0.2) is 0 Å². The molecule has 1 aliphatic carbocycles. The molecule has 3 nitrogen and oxygen atoms in total. The lowest BCUT2D eigenvalue weighted by atomic mass is 9.75. The van der Waals surface area contributed by atoms with Crippen molar-refractivity contribution in [3.63, 3.8) is 0 Å². The van der Waals surface area contributed by atoms with Gasteiger partial charge in [0, 0.05) is 13.0 Å². The first kappa shape index (κ1) is 14.6. The number of aromatic nitrogens is 2. The van der Waals surface area contributed by atoms with E-state index < -0.39 is 0 Å². The van der Waals surface area contributed by atoms with E-state index in [4.69, 9.17) is 11.6 Å². The maximum absolute atomic E-state index is 9.96. The van der Waals surface area contributed by atoms with Crippen LogP contribution in [0.25, 0.3) is 0 Å². The highest BCUT2D eigenvalue weighted by Crippen LogP contribution is 2.37. The fourth-order valence-corrected chi connectivity index (χ4v) is 3.22. The Hall–Kier alpha value is -0.800. The van der Waals surface area contributed by atoms with Crippen LogP contribution in [0.3, 0.4) is 0 Å². The van der Waals surface area contributed by atoms with Crippen molar-refractivity contribution in [1.29, 1.82) is 0 Å². The minimum absolute atomic E-state index is 0.155. The van der Waals surface area contributed by atoms with E-state index in [1.54, 1.807) is 0 Å². The van der Waals surface area contributed by atoms with Gasteiger partial charge in [0.05, 0.1) is 22.5 Å². The second-order valence-corrected chi connectivity index (χ2v) is 6.65. The first-order valence-corrected chi connectivity index (χ1v) is 7.29. The highest BCUT2D eigenvalue weighted by molar-refractivity contribution is 6.31. The smallest absolute Gasteiger partial charge is 0.0850 e. The Labute approximate surface area is 120 Å². The Bertz CT molecular complexity index is 502. The molecule has 0 bridgehead atoms. The van der Waals surface area contributed by atoms with E-state index in [1.165, 1.54) is 5.57 Å². The number of aryl methyl sites for hydroxylation is 2. The number of aliphatic hydroxyl groups excluding tert-OH is 1. The molecule has 0 saturated carbocycles. The number of hydrogen-bond acceptors (Lipinski definition) is 2. The minimum atomic E-state index is -0.336. The highest BCUT2D eigenvalue weighted by Gasteiger charge is 2.28. The van der Waals surface area contributed by atoms with Crippen LogP contribution in [-0.2, 0) is 13.0 Å². The fraction of sp³-hybridized carbons (Fsp3) is 0.667. The molecule has 0 saturated heterocycles. The van der Waals surface area contributed by atoms with Crippen molar-refractivity contribution in [2.24, 2.45) is 5.41 Å². The summed E-state index contributed by atoms with van der Waals surface area (Å²) in [6.45, 7) is 9.23. The predicted molar refractivity (Wildman–Crippen MR) is 78.5 cm³/mol. The van der Waals surface area contributed by atoms with Gasteiger partial charge in [0.25, 0.3) is 0 Å². The van der Waals surface area contributed by atoms with Crippen LogP contribution in [-0.4, -0.2) is 21.0 Å². The molecule has 0 radical (unpaired) electrons. The summed E-state index contributed by atoms with van der Waals surface area (Å²) in [7, 11) is 0. The molecule has 106 valence electrons. The van der Waals surface area contributed by atoms with Crippen LogP contribution in [0.2, 0.25) is 5.02 Å². The molecule has 4 heteroatoms. The summed E-state index contributed by atoms with van der Waals surface area (Å²) < 4.78 is 1.96. The maximum atomic E-state index is 9.96. The lowest BCUT2D eigenvalue weighted by molar-refractivity contribution is 0.138. The van der Waals surface area contributed by atoms with E-state index >= 15 is 0 Å². The molecule has 1 atom stereocenters. The number of nitrogens with zero attached hydrogens (tertiary/aromatic N) is 2. The maximum Gasteiger partial charge on any atom is 0.0850 e. The molecule has 0 fully saturated rings. The third-order valence-corrected chi connectivity index (χ3v) is 4.23. The quantitative estimate of drug-likeness (QED) is 0.862. The minimum Gasteiger partial charge on any atom is -0.389 e. The average molecular weight is 283 g/mol. The highest BCUT2D eigenvalue weighted by atomic mass is 35.5. The van der Waals surface area contributed by atoms with Crippen LogP contribution >= 0.6 is 11.6 Å². The largest absolute Gasteiger partial charge is 0.389 e. The fourth-order valence-electron chi connectivity index (χ4n) is 3.02. The van der Waals surface area contributed by atoms with E-state index in [-0.39, 0.29) is 11.5 Å². The molecule has 19 heavy (non-hydrogen) atoms. The molecule has 0 aliphatic heterocycles. The monoisotopic (exact) mass is 282 g/mol. The third kappa shape index (κ3) is 3.21. The average Bonchev–Trinajstić information content (AvgIpc) is 2.54. The first-order chi connectivity index (χ1) is 8.82. The zero-order valence-electron chi connectivity index (χ0n) is 12.2. The van der Waals surface area contributed by atoms with Gasteiger partial charge in [-0.05, 0) is 32.1 Å². The van der Waals surface area contributed by atoms with Gasteiger partial charge in [0.2, 0.25) is 0 Å². The molecule has 1 aromatic heterocycles. The summed E-state index contributed by atoms with van der Waals surface area (Å²) in [6, 6.07) is 0. The van der Waals surface area contributed by atoms with Crippen LogP contribution < -0.4 is 0 Å². The van der Waals surface area contributed by atoms with Gasteiger partial charge in [0.1, 0.15) is 0 Å². The van der Waals surface area contributed by atoms with E-state index in [2.05, 4.69) is 25.9 Å². The Morgan fingerprint density at radius 2 is 2.21 bits per heavy atom. The summed E-state index contributed by atoms with van der Waals surface area (Å²) in [5.41, 5.74) is 3.37. The normalized spacial score (nSPS) is 22.4. The van der Waals surface area contributed by atoms with Crippen LogP contribution in [0.1, 0.15) is 45.0 Å². The summed E-state index contributed by atoms with van der Waals surface area (Å²) >= 11 is 6.35. The van der Waals surface area contributed by atoms with Gasteiger partial charge in [-0.2, -0.15) is 5.10 Å². The predicted octanol–water partition coefficient (Wildman–Crippen LogP) is 3.51. The van der Waals surface area contributed by atoms with Gasteiger partial charge < -0.3 is 5.11 Å². The molecule has 1 heterocycles. The molecule has 0 spiro atoms. The van der Waals surface area contributed by atoms with E-state index in [1.807, 2.05) is 17.7 Å². The summed E-state index contributed by atoms with van der Waals surface area (Å²) in [6.07, 6.45) is 4.28. The van der Waals surface area contributed by atoms with Crippen LogP contribution in [0.5, 0.6) is 0 Å². The van der Waals surface area contributed by atoms with E-state index in [0.29, 0.717) is 0 Å². The number of hydrogen-bond donors (Lipinski definition) is 1. The number of halogens is 1. The van der Waals surface area contributed by atoms with Gasteiger partial charge in [-0.25, -0.2) is 0 Å². The molecule has 0 amide bonds. The van der Waals surface area contributed by atoms with Crippen LogP contribution in [0, 0.1) is 12.3 Å². The number of rotatable bonds is 3. The topological polar surface area (TPSA) is 38.0 Å². The van der Waals surface area contributed by atoms with Crippen molar-refractivity contribution in [3.8, 4) is 0 Å². The molecular weight excluding hydrogens is 260 g/mol. The SMILES string of the molecule is CCn1nc(C)c(Cl)c1CC1=CC(O)CC(C)(C)C1. The second kappa shape index (κ2) is 5.29. The van der Waals surface area contributed by atoms with E-state index in [9.17, 15) is 5.11 Å². The molecule has 2 rings (SSSR count). The van der Waals surface area contributed by atoms with Gasteiger partial charge in [-0.15, -0.1) is 0 Å². The van der Waals surface area contributed by atoms with Crippen molar-refractivity contribution in [3.05, 3.63) is 28.1 Å². The van der Waals surface area contributed by atoms with Crippen molar-refractivity contribution in [2.45, 2.75) is 59.6 Å². The number of aliphatic hydroxyl groups is 1. The van der Waals surface area contributed by atoms with E-state index in [0.717, 1.165) is 42.2 Å². The summed E-state index contributed by atoms with van der Waals surface area (Å²) in [5, 5.41) is 15.2. The Kier molecular flexibility index (Phi) is 4.07. The van der Waals surface area contributed by atoms with Gasteiger partial charge >= 0.3 is 0 Å². The summed E-state index contributed by atoms with van der Waals surface area (Å²) in [5.74, 6) is 0. The Morgan fingerprint density at radius 3 is 2.79 bits per heavy atom. The second-order valence-electron chi connectivity index (χ2n) is 6.28. The van der Waals surface area contributed by atoms with Crippen molar-refractivity contribution >= 4 is 11.6 Å². The standard InChI is InChI=1S/C15H23ClN2O/c1-5-18-13(14(16)10(2)17-18)7-11-6-12(19)9-15(3,4)8-11/h6,12,19H,5,7-9H2,1-4H3. The molecular formula is C15H23ClN2O. The van der Waals surface area contributed by atoms with Crippen LogP contribution in [0.15, 0.2) is 11.6 Å². The zero-order valence-corrected chi connectivity index (χ0v) is 13.0. The Morgan fingerprint density at radius 1 is 1.53 bits per heavy atom. The van der Waals surface area contributed by atoms with Crippen molar-refractivity contribution in [1.82, 2.24) is 9.78 Å². The molecule has 0 aromatic carbocycles. The van der Waals surface area contributed by atoms with Crippen LogP contribution in [0.4, 0.5) is 0 Å². The van der Waals surface area contributed by atoms with Gasteiger partial charge in [-0.3, -0.25) is 4.68 Å². The lowest BCUT2D eigenvalue weighted by Gasteiger charge is -2.32. The molecule has 1 N–H and O–H groups in total. The summed E-state index contributed by atoms with van der Waals surface area (Å²) in [4.78, 5) is 0. The van der Waals surface area contributed by atoms with Crippen molar-refractivity contribution < 1.29 is 5.11 Å². The molecule has 1 unspecified atom stereocenters. The zero-order chi connectivity index (χ0) is 14.2. The molecule has 1 aromatic rings. The Balaban J connectivity index is 2.26. The lowest BCUT2D eigenvalue weighted by Crippen LogP contribution is -2.25. The number of allylic oxidation sites excluding steroid dienone is 1.